The number of nitrogens with two attached hydrogens (primary N) is 1. The van der Waals surface area contributed by atoms with Gasteiger partial charge in [-0.2, -0.15) is 0 Å². The summed E-state index contributed by atoms with van der Waals surface area (Å²) in [6.07, 6.45) is 5.91. The summed E-state index contributed by atoms with van der Waals surface area (Å²) in [4.78, 5) is 14.0. The number of hydrogen-bond donors (Lipinski definition) is 1. The normalized spacial score (nSPS) is 18.9. The van der Waals surface area contributed by atoms with Crippen LogP contribution >= 0.6 is 12.2 Å². The van der Waals surface area contributed by atoms with Crippen LogP contribution in [0, 0.1) is 0 Å². The summed E-state index contributed by atoms with van der Waals surface area (Å²) in [5.41, 5.74) is 5.42. The van der Waals surface area contributed by atoms with Crippen LogP contribution < -0.4 is 5.73 Å². The fourth-order valence-corrected chi connectivity index (χ4v) is 1.79. The lowest BCUT2D eigenvalue weighted by atomic mass is 10.1. The highest BCUT2D eigenvalue weighted by atomic mass is 32.1. The average molecular weight is 214 g/mol. The first-order valence-electron chi connectivity index (χ1n) is 5.26. The highest BCUT2D eigenvalue weighted by Gasteiger charge is 2.14. The van der Waals surface area contributed by atoms with E-state index in [4.69, 9.17) is 18.0 Å². The average Bonchev–Trinajstić information content (AvgIpc) is 2.10. The van der Waals surface area contributed by atoms with Crippen molar-refractivity contribution in [1.82, 2.24) is 4.90 Å². The molecular weight excluding hydrogens is 196 g/mol. The van der Waals surface area contributed by atoms with Gasteiger partial charge in [0.25, 0.3) is 0 Å². The van der Waals surface area contributed by atoms with Crippen LogP contribution in [0.1, 0.15) is 38.5 Å². The predicted molar refractivity (Wildman–Crippen MR) is 61.1 cm³/mol. The van der Waals surface area contributed by atoms with Crippen molar-refractivity contribution in [1.29, 1.82) is 0 Å². The predicted octanol–water partition coefficient (Wildman–Crippen LogP) is 1.46. The second-order valence-electron chi connectivity index (χ2n) is 3.76. The van der Waals surface area contributed by atoms with Gasteiger partial charge >= 0.3 is 0 Å². The first-order valence-corrected chi connectivity index (χ1v) is 5.67. The van der Waals surface area contributed by atoms with Gasteiger partial charge in [0.05, 0.1) is 4.99 Å². The van der Waals surface area contributed by atoms with Crippen LogP contribution in [-0.4, -0.2) is 28.9 Å². The van der Waals surface area contributed by atoms with E-state index < -0.39 is 0 Å². The number of amides is 1. The minimum Gasteiger partial charge on any atom is -0.393 e. The van der Waals surface area contributed by atoms with Gasteiger partial charge in [0.15, 0.2) is 0 Å². The van der Waals surface area contributed by atoms with Crippen molar-refractivity contribution in [3.05, 3.63) is 0 Å². The minimum absolute atomic E-state index is 0.265. The Hall–Kier alpha value is -0.640. The number of rotatable bonds is 3. The molecule has 1 aliphatic rings. The molecule has 14 heavy (non-hydrogen) atoms. The zero-order valence-electron chi connectivity index (χ0n) is 8.50. The van der Waals surface area contributed by atoms with E-state index in [9.17, 15) is 4.79 Å². The van der Waals surface area contributed by atoms with Gasteiger partial charge in [-0.05, 0) is 12.8 Å². The topological polar surface area (TPSA) is 46.3 Å². The number of likely N-dealkylation sites (tertiary alicyclic amines) is 1. The molecule has 0 spiro atoms. The number of thiocarbonyl (C=S) groups is 1. The highest BCUT2D eigenvalue weighted by molar-refractivity contribution is 7.80. The summed E-state index contributed by atoms with van der Waals surface area (Å²) in [7, 11) is 0. The Labute approximate surface area is 90.6 Å². The molecular formula is C10H18N2OS. The van der Waals surface area contributed by atoms with E-state index in [1.165, 1.54) is 12.8 Å². The standard InChI is InChI=1S/C10H18N2OS/c11-9(14)6-8-12-7-4-2-1-3-5-10(12)13/h1-8H2,(H2,11,14). The third-order valence-corrected chi connectivity index (χ3v) is 2.75. The molecule has 0 bridgehead atoms. The van der Waals surface area contributed by atoms with Gasteiger partial charge in [-0.15, -0.1) is 0 Å². The smallest absolute Gasteiger partial charge is 0.222 e. The van der Waals surface area contributed by atoms with E-state index >= 15 is 0 Å². The summed E-state index contributed by atoms with van der Waals surface area (Å²) in [5.74, 6) is 0.265. The van der Waals surface area contributed by atoms with E-state index in [0.717, 1.165) is 19.4 Å². The number of nitrogens with zero attached hydrogens (tertiary/aromatic N) is 1. The fourth-order valence-electron chi connectivity index (χ4n) is 1.70. The van der Waals surface area contributed by atoms with Gasteiger partial charge in [-0.25, -0.2) is 0 Å². The first kappa shape index (κ1) is 11.4. The second kappa shape index (κ2) is 5.96. The maximum absolute atomic E-state index is 11.6. The van der Waals surface area contributed by atoms with Crippen molar-refractivity contribution in [3.8, 4) is 0 Å². The lowest BCUT2D eigenvalue weighted by Gasteiger charge is -2.24. The molecule has 4 heteroatoms. The van der Waals surface area contributed by atoms with Crippen molar-refractivity contribution in [2.75, 3.05) is 13.1 Å². The molecule has 80 valence electrons. The van der Waals surface area contributed by atoms with Crippen LogP contribution in [0.2, 0.25) is 0 Å². The van der Waals surface area contributed by atoms with Gasteiger partial charge in [0, 0.05) is 25.9 Å². The Kier molecular flexibility index (Phi) is 4.87. The summed E-state index contributed by atoms with van der Waals surface area (Å²) in [6, 6.07) is 0. The van der Waals surface area contributed by atoms with Gasteiger partial charge < -0.3 is 10.6 Å². The molecule has 0 aromatic rings. The fraction of sp³-hybridized carbons (Fsp3) is 0.800. The minimum atomic E-state index is 0.265. The van der Waals surface area contributed by atoms with Gasteiger partial charge in [0.1, 0.15) is 0 Å². The Balaban J connectivity index is 2.37. The molecule has 0 aliphatic carbocycles. The number of carbonyl (C=O) groups is 1. The lowest BCUT2D eigenvalue weighted by molar-refractivity contribution is -0.131. The van der Waals surface area contributed by atoms with Gasteiger partial charge in [0.2, 0.25) is 5.91 Å². The molecule has 0 aromatic carbocycles. The van der Waals surface area contributed by atoms with Crippen LogP contribution in [0.3, 0.4) is 0 Å². The summed E-state index contributed by atoms with van der Waals surface area (Å²) >= 11 is 4.80. The lowest BCUT2D eigenvalue weighted by Crippen LogP contribution is -2.35. The molecule has 1 fully saturated rings. The molecule has 2 N–H and O–H groups in total. The van der Waals surface area contributed by atoms with Crippen molar-refractivity contribution in [2.24, 2.45) is 5.73 Å². The molecule has 0 aromatic heterocycles. The Bertz CT molecular complexity index is 218. The van der Waals surface area contributed by atoms with E-state index in [-0.39, 0.29) is 5.91 Å². The molecule has 1 amide bonds. The third-order valence-electron chi connectivity index (χ3n) is 2.55. The van der Waals surface area contributed by atoms with Crippen LogP contribution in [0.15, 0.2) is 0 Å². The van der Waals surface area contributed by atoms with Crippen molar-refractivity contribution < 1.29 is 4.79 Å². The maximum Gasteiger partial charge on any atom is 0.222 e. The van der Waals surface area contributed by atoms with Gasteiger partial charge in [-0.3, -0.25) is 4.79 Å². The monoisotopic (exact) mass is 214 g/mol. The van der Waals surface area contributed by atoms with Crippen LogP contribution in [-0.2, 0) is 4.79 Å². The third kappa shape index (κ3) is 4.05. The zero-order valence-corrected chi connectivity index (χ0v) is 9.31. The van der Waals surface area contributed by atoms with Crippen molar-refractivity contribution >= 4 is 23.1 Å². The van der Waals surface area contributed by atoms with Crippen LogP contribution in [0.25, 0.3) is 0 Å². The molecule has 0 atom stereocenters. The zero-order chi connectivity index (χ0) is 10.4. The molecule has 1 rings (SSSR count). The van der Waals surface area contributed by atoms with Crippen LogP contribution in [0.5, 0.6) is 0 Å². The Morgan fingerprint density at radius 2 is 2.07 bits per heavy atom. The van der Waals surface area contributed by atoms with E-state index in [1.54, 1.807) is 0 Å². The number of hydrogen-bond acceptors (Lipinski definition) is 2. The Morgan fingerprint density at radius 1 is 1.36 bits per heavy atom. The van der Waals surface area contributed by atoms with Gasteiger partial charge in [-0.1, -0.05) is 25.1 Å². The van der Waals surface area contributed by atoms with E-state index in [1.807, 2.05) is 4.90 Å². The number of carbonyl (C=O) groups excluding carboxylic acids is 1. The van der Waals surface area contributed by atoms with E-state index in [0.29, 0.717) is 24.4 Å². The molecule has 0 saturated carbocycles. The summed E-state index contributed by atoms with van der Waals surface area (Å²) < 4.78 is 0. The SMILES string of the molecule is NC(=S)CCN1CCCCCCC1=O. The maximum atomic E-state index is 11.6. The first-order chi connectivity index (χ1) is 6.70. The van der Waals surface area contributed by atoms with Crippen molar-refractivity contribution in [3.63, 3.8) is 0 Å². The summed E-state index contributed by atoms with van der Waals surface area (Å²) in [6.45, 7) is 1.58. The highest BCUT2D eigenvalue weighted by Crippen LogP contribution is 2.11. The molecule has 1 heterocycles. The quantitative estimate of drug-likeness (QED) is 0.723. The van der Waals surface area contributed by atoms with Crippen molar-refractivity contribution in [2.45, 2.75) is 38.5 Å². The molecule has 0 unspecified atom stereocenters. The molecule has 1 saturated heterocycles. The summed E-state index contributed by atoms with van der Waals surface area (Å²) in [5, 5.41) is 0. The Morgan fingerprint density at radius 3 is 2.79 bits per heavy atom. The second-order valence-corrected chi connectivity index (χ2v) is 4.29. The molecule has 1 aliphatic heterocycles. The molecule has 0 radical (unpaired) electrons. The molecule has 3 nitrogen and oxygen atoms in total. The van der Waals surface area contributed by atoms with E-state index in [2.05, 4.69) is 0 Å². The largest absolute Gasteiger partial charge is 0.393 e. The van der Waals surface area contributed by atoms with Crippen LogP contribution in [0.4, 0.5) is 0 Å².